The molecular weight excluding hydrogens is 353 g/mol. The van der Waals surface area contributed by atoms with Crippen LogP contribution in [-0.4, -0.2) is 6.04 Å². The van der Waals surface area contributed by atoms with Gasteiger partial charge in [0.25, 0.3) is 0 Å². The monoisotopic (exact) mass is 367 g/mol. The van der Waals surface area contributed by atoms with Crippen molar-refractivity contribution < 1.29 is 4.39 Å². The molecule has 1 N–H and O–H groups in total. The number of nitrogens with one attached hydrogen (secondary N) is 1. The summed E-state index contributed by atoms with van der Waals surface area (Å²) in [4.78, 5) is 0. The van der Waals surface area contributed by atoms with Crippen molar-refractivity contribution in [1.29, 1.82) is 0 Å². The first kappa shape index (κ1) is 15.0. The van der Waals surface area contributed by atoms with Gasteiger partial charge in [-0.2, -0.15) is 0 Å². The highest BCUT2D eigenvalue weighted by Crippen LogP contribution is 2.37. The lowest BCUT2D eigenvalue weighted by Crippen LogP contribution is -2.39. The van der Waals surface area contributed by atoms with Crippen molar-refractivity contribution in [2.24, 2.45) is 0 Å². The second-order valence-electron chi connectivity index (χ2n) is 5.54. The molecule has 1 saturated carbocycles. The van der Waals surface area contributed by atoms with Crippen LogP contribution in [0.15, 0.2) is 46.9 Å². The van der Waals surface area contributed by atoms with E-state index in [1.165, 1.54) is 11.6 Å². The molecule has 0 unspecified atom stereocenters. The van der Waals surface area contributed by atoms with E-state index < -0.39 is 0 Å². The Morgan fingerprint density at radius 1 is 1.19 bits per heavy atom. The van der Waals surface area contributed by atoms with Crippen LogP contribution < -0.4 is 5.32 Å². The third-order valence-electron chi connectivity index (χ3n) is 4.05. The number of hydrogen-bond donors (Lipinski definition) is 1. The predicted octanol–water partition coefficient (Wildman–Crippen LogP) is 5.28. The molecule has 0 amide bonds. The summed E-state index contributed by atoms with van der Waals surface area (Å²) in [6, 6.07) is 13.4. The van der Waals surface area contributed by atoms with Crippen LogP contribution in [-0.2, 0) is 6.54 Å². The van der Waals surface area contributed by atoms with Gasteiger partial charge in [-0.15, -0.1) is 0 Å². The highest BCUT2D eigenvalue weighted by Gasteiger charge is 2.29. The number of halogens is 3. The summed E-state index contributed by atoms with van der Waals surface area (Å²) >= 11 is 9.48. The van der Waals surface area contributed by atoms with Crippen molar-refractivity contribution in [1.82, 2.24) is 5.32 Å². The Labute approximate surface area is 137 Å². The Balaban J connectivity index is 1.52. The summed E-state index contributed by atoms with van der Waals surface area (Å²) in [5.74, 6) is 0.387. The van der Waals surface area contributed by atoms with Gasteiger partial charge in [-0.25, -0.2) is 4.39 Å². The molecule has 2 aromatic carbocycles. The van der Waals surface area contributed by atoms with Crippen LogP contribution in [0.4, 0.5) is 4.39 Å². The maximum atomic E-state index is 13.2. The van der Waals surface area contributed by atoms with Gasteiger partial charge in [-0.05, 0) is 60.2 Å². The largest absolute Gasteiger partial charge is 0.310 e. The Bertz CT molecular complexity index is 640. The minimum atomic E-state index is -0.194. The van der Waals surface area contributed by atoms with Crippen molar-refractivity contribution in [3.63, 3.8) is 0 Å². The van der Waals surface area contributed by atoms with Gasteiger partial charge in [0.05, 0.1) is 0 Å². The number of benzene rings is 2. The first-order valence-electron chi connectivity index (χ1n) is 7.04. The van der Waals surface area contributed by atoms with Crippen LogP contribution in [0.1, 0.15) is 29.9 Å². The van der Waals surface area contributed by atoms with E-state index in [2.05, 4.69) is 27.3 Å². The normalized spacial score (nSPS) is 21.1. The third kappa shape index (κ3) is 3.65. The molecule has 0 saturated heterocycles. The summed E-state index contributed by atoms with van der Waals surface area (Å²) < 4.78 is 14.2. The Hall–Kier alpha value is -0.900. The summed E-state index contributed by atoms with van der Waals surface area (Å²) in [5, 5.41) is 4.29. The standard InChI is InChI=1S/C17H16BrClFN/c18-17-5-4-15(20)7-13(17)10-21-16-8-12(9-16)11-2-1-3-14(19)6-11/h1-7,12,16,21H,8-10H2. The third-order valence-corrected chi connectivity index (χ3v) is 5.06. The van der Waals surface area contributed by atoms with Gasteiger partial charge in [-0.1, -0.05) is 39.7 Å². The fraction of sp³-hybridized carbons (Fsp3) is 0.294. The lowest BCUT2D eigenvalue weighted by atomic mass is 9.76. The summed E-state index contributed by atoms with van der Waals surface area (Å²) in [6.07, 6.45) is 2.21. The average Bonchev–Trinajstić information content (AvgIpc) is 2.41. The quantitative estimate of drug-likeness (QED) is 0.774. The minimum Gasteiger partial charge on any atom is -0.310 e. The molecule has 21 heavy (non-hydrogen) atoms. The highest BCUT2D eigenvalue weighted by molar-refractivity contribution is 9.10. The average molecular weight is 369 g/mol. The van der Waals surface area contributed by atoms with Gasteiger partial charge in [0, 0.05) is 22.1 Å². The molecule has 0 bridgehead atoms. The molecule has 4 heteroatoms. The maximum Gasteiger partial charge on any atom is 0.123 e. The van der Waals surface area contributed by atoms with Crippen molar-refractivity contribution in [3.05, 3.63) is 68.9 Å². The van der Waals surface area contributed by atoms with E-state index in [4.69, 9.17) is 11.6 Å². The SMILES string of the molecule is Fc1ccc(Br)c(CNC2CC(c3cccc(Cl)c3)C2)c1. The fourth-order valence-corrected chi connectivity index (χ4v) is 3.34. The second-order valence-corrected chi connectivity index (χ2v) is 6.83. The lowest BCUT2D eigenvalue weighted by Gasteiger charge is -2.36. The zero-order chi connectivity index (χ0) is 14.8. The van der Waals surface area contributed by atoms with Gasteiger partial charge in [0.15, 0.2) is 0 Å². The van der Waals surface area contributed by atoms with Gasteiger partial charge in [0.1, 0.15) is 5.82 Å². The van der Waals surface area contributed by atoms with Crippen molar-refractivity contribution >= 4 is 27.5 Å². The molecule has 0 aromatic heterocycles. The second kappa shape index (κ2) is 6.47. The summed E-state index contributed by atoms with van der Waals surface area (Å²) in [7, 11) is 0. The topological polar surface area (TPSA) is 12.0 Å². The Kier molecular flexibility index (Phi) is 4.63. The van der Waals surface area contributed by atoms with Gasteiger partial charge in [0.2, 0.25) is 0 Å². The van der Waals surface area contributed by atoms with Crippen molar-refractivity contribution in [2.75, 3.05) is 0 Å². The minimum absolute atomic E-state index is 0.194. The van der Waals surface area contributed by atoms with E-state index in [0.717, 1.165) is 27.9 Å². The van der Waals surface area contributed by atoms with Crippen LogP contribution >= 0.6 is 27.5 Å². The smallest absolute Gasteiger partial charge is 0.123 e. The molecule has 0 atom stereocenters. The van der Waals surface area contributed by atoms with Crippen LogP contribution in [0.3, 0.4) is 0 Å². The zero-order valence-corrected chi connectivity index (χ0v) is 13.8. The zero-order valence-electron chi connectivity index (χ0n) is 11.5. The molecular formula is C17H16BrClFN. The van der Waals surface area contributed by atoms with Crippen LogP contribution in [0, 0.1) is 5.82 Å². The summed E-state index contributed by atoms with van der Waals surface area (Å²) in [6.45, 7) is 0.686. The molecule has 3 rings (SSSR count). The van der Waals surface area contributed by atoms with E-state index >= 15 is 0 Å². The molecule has 0 heterocycles. The Morgan fingerprint density at radius 2 is 2.00 bits per heavy atom. The van der Waals surface area contributed by atoms with Gasteiger partial charge in [-0.3, -0.25) is 0 Å². The number of rotatable bonds is 4. The fourth-order valence-electron chi connectivity index (χ4n) is 2.75. The molecule has 1 nitrogen and oxygen atoms in total. The molecule has 1 aliphatic carbocycles. The van der Waals surface area contributed by atoms with Crippen LogP contribution in [0.2, 0.25) is 5.02 Å². The maximum absolute atomic E-state index is 13.2. The van der Waals surface area contributed by atoms with Crippen molar-refractivity contribution in [2.45, 2.75) is 31.3 Å². The Morgan fingerprint density at radius 3 is 2.76 bits per heavy atom. The van der Waals surface area contributed by atoms with E-state index in [-0.39, 0.29) is 5.82 Å². The molecule has 2 aromatic rings. The number of hydrogen-bond acceptors (Lipinski definition) is 1. The van der Waals surface area contributed by atoms with Gasteiger partial charge >= 0.3 is 0 Å². The molecule has 1 fully saturated rings. The predicted molar refractivity (Wildman–Crippen MR) is 88.2 cm³/mol. The molecule has 1 aliphatic rings. The molecule has 0 aliphatic heterocycles. The summed E-state index contributed by atoms with van der Waals surface area (Å²) in [5.41, 5.74) is 2.27. The van der Waals surface area contributed by atoms with E-state index in [9.17, 15) is 4.39 Å². The highest BCUT2D eigenvalue weighted by atomic mass is 79.9. The van der Waals surface area contributed by atoms with Crippen LogP contribution in [0.5, 0.6) is 0 Å². The lowest BCUT2D eigenvalue weighted by molar-refractivity contribution is 0.289. The van der Waals surface area contributed by atoms with E-state index in [1.807, 2.05) is 18.2 Å². The molecule has 0 radical (unpaired) electrons. The van der Waals surface area contributed by atoms with Crippen molar-refractivity contribution in [3.8, 4) is 0 Å². The van der Waals surface area contributed by atoms with Gasteiger partial charge < -0.3 is 5.32 Å². The molecule has 110 valence electrons. The van der Waals surface area contributed by atoms with E-state index in [1.54, 1.807) is 12.1 Å². The molecule has 0 spiro atoms. The van der Waals surface area contributed by atoms with E-state index in [0.29, 0.717) is 18.5 Å². The first-order valence-corrected chi connectivity index (χ1v) is 8.21. The van der Waals surface area contributed by atoms with Crippen LogP contribution in [0.25, 0.3) is 0 Å². The first-order chi connectivity index (χ1) is 10.1.